The molecule has 0 bridgehead atoms. The summed E-state index contributed by atoms with van der Waals surface area (Å²) in [6.07, 6.45) is 3.07. The molecule has 1 heterocycles. The number of methoxy groups -OCH3 is 1. The van der Waals surface area contributed by atoms with Gasteiger partial charge in [0.15, 0.2) is 0 Å². The largest absolute Gasteiger partial charge is 0.467 e. The third kappa shape index (κ3) is 2.36. The molecule has 5 heteroatoms. The minimum Gasteiger partial charge on any atom is -0.467 e. The fourth-order valence-electron chi connectivity index (χ4n) is 2.90. The molecular formula is C13H22N2O3. The minimum absolute atomic E-state index is 0.00713. The molecule has 2 aliphatic rings. The summed E-state index contributed by atoms with van der Waals surface area (Å²) in [4.78, 5) is 23.7. The Hall–Kier alpha value is -1.10. The lowest BCUT2D eigenvalue weighted by Gasteiger charge is -2.26. The number of amides is 1. The summed E-state index contributed by atoms with van der Waals surface area (Å²) in [5, 5.41) is 6.12. The van der Waals surface area contributed by atoms with E-state index in [1.54, 1.807) is 13.8 Å². The van der Waals surface area contributed by atoms with Crippen molar-refractivity contribution in [1.82, 2.24) is 10.6 Å². The second kappa shape index (κ2) is 4.53. The number of hydrogen-bond acceptors (Lipinski definition) is 4. The average Bonchev–Trinajstić information content (AvgIpc) is 3.02. The molecule has 1 aliphatic carbocycles. The zero-order valence-corrected chi connectivity index (χ0v) is 11.3. The Morgan fingerprint density at radius 3 is 2.50 bits per heavy atom. The Labute approximate surface area is 108 Å². The van der Waals surface area contributed by atoms with Crippen LogP contribution in [-0.4, -0.2) is 37.6 Å². The highest BCUT2D eigenvalue weighted by molar-refractivity contribution is 5.90. The molecule has 0 aromatic rings. The normalized spacial score (nSPS) is 25.6. The van der Waals surface area contributed by atoms with E-state index >= 15 is 0 Å². The fourth-order valence-corrected chi connectivity index (χ4v) is 2.90. The maximum atomic E-state index is 12.2. The van der Waals surface area contributed by atoms with Gasteiger partial charge in [-0.15, -0.1) is 0 Å². The van der Waals surface area contributed by atoms with Crippen LogP contribution in [0, 0.1) is 11.3 Å². The van der Waals surface area contributed by atoms with E-state index in [9.17, 15) is 9.59 Å². The van der Waals surface area contributed by atoms with Crippen molar-refractivity contribution in [3.8, 4) is 0 Å². The van der Waals surface area contributed by atoms with Crippen LogP contribution in [0.5, 0.6) is 0 Å². The highest BCUT2D eigenvalue weighted by Gasteiger charge is 2.58. The topological polar surface area (TPSA) is 67.4 Å². The smallest absolute Gasteiger partial charge is 0.330 e. The molecule has 0 aromatic heterocycles. The van der Waals surface area contributed by atoms with Crippen molar-refractivity contribution in [2.45, 2.75) is 38.6 Å². The Balaban J connectivity index is 1.92. The van der Waals surface area contributed by atoms with Crippen LogP contribution in [0.25, 0.3) is 0 Å². The molecule has 1 saturated heterocycles. The number of piperidine rings is 1. The van der Waals surface area contributed by atoms with Crippen molar-refractivity contribution in [2.75, 3.05) is 20.2 Å². The Morgan fingerprint density at radius 2 is 1.94 bits per heavy atom. The van der Waals surface area contributed by atoms with E-state index in [1.165, 1.54) is 7.11 Å². The van der Waals surface area contributed by atoms with Gasteiger partial charge in [0, 0.05) is 5.92 Å². The zero-order chi connectivity index (χ0) is 13.4. The van der Waals surface area contributed by atoms with Gasteiger partial charge < -0.3 is 15.4 Å². The lowest BCUT2D eigenvalue weighted by atomic mass is 9.91. The van der Waals surface area contributed by atoms with Crippen molar-refractivity contribution < 1.29 is 14.3 Å². The number of ether oxygens (including phenoxy) is 1. The molecule has 1 saturated carbocycles. The molecule has 102 valence electrons. The van der Waals surface area contributed by atoms with Gasteiger partial charge in [-0.05, 0) is 51.6 Å². The predicted octanol–water partition coefficient (Wildman–Crippen LogP) is 0.444. The van der Waals surface area contributed by atoms with E-state index in [4.69, 9.17) is 0 Å². The van der Waals surface area contributed by atoms with Gasteiger partial charge in [-0.1, -0.05) is 0 Å². The SMILES string of the molecule is COC(=O)C(C)(C)NC(=O)C1CC12CCNCC2. The van der Waals surface area contributed by atoms with E-state index in [0.717, 1.165) is 32.4 Å². The number of hydrogen-bond donors (Lipinski definition) is 2. The van der Waals surface area contributed by atoms with Crippen LogP contribution in [0.4, 0.5) is 0 Å². The van der Waals surface area contributed by atoms with Crippen molar-refractivity contribution in [3.05, 3.63) is 0 Å². The summed E-state index contributed by atoms with van der Waals surface area (Å²) in [5.74, 6) is -0.341. The van der Waals surface area contributed by atoms with Gasteiger partial charge in [-0.2, -0.15) is 0 Å². The summed E-state index contributed by atoms with van der Waals surface area (Å²) in [6.45, 7) is 5.33. The van der Waals surface area contributed by atoms with Gasteiger partial charge in [0.1, 0.15) is 5.54 Å². The molecule has 1 unspecified atom stereocenters. The quantitative estimate of drug-likeness (QED) is 0.717. The predicted molar refractivity (Wildman–Crippen MR) is 66.9 cm³/mol. The van der Waals surface area contributed by atoms with Gasteiger partial charge in [0.05, 0.1) is 7.11 Å². The maximum absolute atomic E-state index is 12.2. The summed E-state index contributed by atoms with van der Waals surface area (Å²) in [5.41, 5.74) is -0.746. The first-order valence-electron chi connectivity index (χ1n) is 6.52. The third-order valence-electron chi connectivity index (χ3n) is 4.24. The molecule has 2 N–H and O–H groups in total. The monoisotopic (exact) mass is 254 g/mol. The molecule has 0 radical (unpaired) electrons. The Kier molecular flexibility index (Phi) is 3.36. The van der Waals surface area contributed by atoms with Crippen LogP contribution in [-0.2, 0) is 14.3 Å². The lowest BCUT2D eigenvalue weighted by Crippen LogP contribution is -2.51. The molecule has 0 aromatic carbocycles. The van der Waals surface area contributed by atoms with E-state index in [1.807, 2.05) is 0 Å². The lowest BCUT2D eigenvalue weighted by molar-refractivity contribution is -0.149. The summed E-state index contributed by atoms with van der Waals surface area (Å²) in [7, 11) is 1.33. The standard InChI is InChI=1S/C13H22N2O3/c1-12(2,11(17)18-3)15-10(16)9-8-13(9)4-6-14-7-5-13/h9,14H,4-8H2,1-3H3,(H,15,16). The Morgan fingerprint density at radius 1 is 1.33 bits per heavy atom. The van der Waals surface area contributed by atoms with E-state index in [-0.39, 0.29) is 17.2 Å². The van der Waals surface area contributed by atoms with Crippen LogP contribution in [0.15, 0.2) is 0 Å². The molecule has 1 spiro atoms. The third-order valence-corrected chi connectivity index (χ3v) is 4.24. The van der Waals surface area contributed by atoms with Crippen LogP contribution in [0.2, 0.25) is 0 Å². The van der Waals surface area contributed by atoms with Crippen molar-refractivity contribution in [1.29, 1.82) is 0 Å². The maximum Gasteiger partial charge on any atom is 0.330 e. The number of rotatable bonds is 3. The Bertz CT molecular complexity index is 359. The first-order chi connectivity index (χ1) is 8.41. The first kappa shape index (κ1) is 13.3. The number of carbonyl (C=O) groups is 2. The molecule has 1 aliphatic heterocycles. The minimum atomic E-state index is -0.942. The van der Waals surface area contributed by atoms with Gasteiger partial charge in [-0.3, -0.25) is 4.79 Å². The molecule has 2 fully saturated rings. The average molecular weight is 254 g/mol. The second-order valence-corrected chi connectivity index (χ2v) is 5.97. The van der Waals surface area contributed by atoms with Gasteiger partial charge in [0.25, 0.3) is 0 Å². The number of esters is 1. The zero-order valence-electron chi connectivity index (χ0n) is 11.3. The first-order valence-corrected chi connectivity index (χ1v) is 6.52. The van der Waals surface area contributed by atoms with E-state index in [2.05, 4.69) is 15.4 Å². The van der Waals surface area contributed by atoms with Gasteiger partial charge >= 0.3 is 5.97 Å². The fraction of sp³-hybridized carbons (Fsp3) is 0.846. The van der Waals surface area contributed by atoms with Crippen LogP contribution < -0.4 is 10.6 Å². The van der Waals surface area contributed by atoms with E-state index < -0.39 is 11.5 Å². The van der Waals surface area contributed by atoms with Gasteiger partial charge in [-0.25, -0.2) is 4.79 Å². The van der Waals surface area contributed by atoms with Crippen molar-refractivity contribution >= 4 is 11.9 Å². The number of carbonyl (C=O) groups excluding carboxylic acids is 2. The van der Waals surface area contributed by atoms with E-state index in [0.29, 0.717) is 0 Å². The number of nitrogens with one attached hydrogen (secondary N) is 2. The molecule has 18 heavy (non-hydrogen) atoms. The summed E-state index contributed by atoms with van der Waals surface area (Å²) >= 11 is 0. The molecule has 2 rings (SSSR count). The second-order valence-electron chi connectivity index (χ2n) is 5.97. The highest BCUT2D eigenvalue weighted by atomic mass is 16.5. The molecule has 1 amide bonds. The van der Waals surface area contributed by atoms with Crippen LogP contribution in [0.1, 0.15) is 33.1 Å². The molecular weight excluding hydrogens is 232 g/mol. The van der Waals surface area contributed by atoms with Crippen molar-refractivity contribution in [3.63, 3.8) is 0 Å². The summed E-state index contributed by atoms with van der Waals surface area (Å²) in [6, 6.07) is 0. The van der Waals surface area contributed by atoms with Crippen molar-refractivity contribution in [2.24, 2.45) is 11.3 Å². The highest BCUT2D eigenvalue weighted by Crippen LogP contribution is 2.58. The molecule has 1 atom stereocenters. The summed E-state index contributed by atoms with van der Waals surface area (Å²) < 4.78 is 4.69. The molecule has 5 nitrogen and oxygen atoms in total. The van der Waals surface area contributed by atoms with Gasteiger partial charge in [0.2, 0.25) is 5.91 Å². The van der Waals surface area contributed by atoms with Crippen LogP contribution >= 0.6 is 0 Å². The van der Waals surface area contributed by atoms with Crippen LogP contribution in [0.3, 0.4) is 0 Å².